The van der Waals surface area contributed by atoms with Gasteiger partial charge in [-0.05, 0) is 41.5 Å². The Balaban J connectivity index is 1.61. The molecule has 0 spiro atoms. The van der Waals surface area contributed by atoms with Crippen LogP contribution in [0.2, 0.25) is 0 Å². The van der Waals surface area contributed by atoms with Crippen LogP contribution in [-0.2, 0) is 11.2 Å². The van der Waals surface area contributed by atoms with E-state index in [2.05, 4.69) is 40.9 Å². The van der Waals surface area contributed by atoms with Crippen molar-refractivity contribution in [2.75, 3.05) is 0 Å². The quantitative estimate of drug-likeness (QED) is 0.519. The number of rotatable bonds is 4. The summed E-state index contributed by atoms with van der Waals surface area (Å²) in [4.78, 5) is 12.1. The molecule has 22 heavy (non-hydrogen) atoms. The number of nitrogens with one attached hydrogen (secondary N) is 1. The maximum absolute atomic E-state index is 12.1. The van der Waals surface area contributed by atoms with Crippen LogP contribution in [0.3, 0.4) is 0 Å². The van der Waals surface area contributed by atoms with Crippen LogP contribution >= 0.6 is 0 Å². The number of benzene rings is 2. The minimum absolute atomic E-state index is 0.0704. The number of fused-ring (bicyclic) bond motifs is 1. The lowest BCUT2D eigenvalue weighted by atomic mass is 9.96. The molecule has 2 aromatic rings. The topological polar surface area (TPSA) is 41.5 Å². The van der Waals surface area contributed by atoms with Gasteiger partial charge >= 0.3 is 0 Å². The summed E-state index contributed by atoms with van der Waals surface area (Å²) in [5.41, 5.74) is 3.68. The van der Waals surface area contributed by atoms with E-state index in [1.807, 2.05) is 30.5 Å². The molecule has 0 fully saturated rings. The fourth-order valence-corrected chi connectivity index (χ4v) is 2.83. The van der Waals surface area contributed by atoms with Crippen LogP contribution in [0.25, 0.3) is 10.8 Å². The monoisotopic (exact) mass is 292 g/mol. The first kappa shape index (κ1) is 14.5. The first-order chi connectivity index (χ1) is 10.8. The van der Waals surface area contributed by atoms with Gasteiger partial charge in [0.15, 0.2) is 0 Å². The van der Waals surface area contributed by atoms with E-state index < -0.39 is 0 Å². The minimum atomic E-state index is -0.0704. The van der Waals surface area contributed by atoms with Gasteiger partial charge in [0, 0.05) is 6.21 Å². The fraction of sp³-hybridized carbons (Fsp3) is 0.263. The average Bonchev–Trinajstić information content (AvgIpc) is 2.56. The fourth-order valence-electron chi connectivity index (χ4n) is 2.83. The van der Waals surface area contributed by atoms with Crippen molar-refractivity contribution in [3.63, 3.8) is 0 Å². The van der Waals surface area contributed by atoms with Crippen LogP contribution in [0.4, 0.5) is 0 Å². The summed E-state index contributed by atoms with van der Waals surface area (Å²) in [5.74, 6) is 0.377. The van der Waals surface area contributed by atoms with E-state index in [1.54, 1.807) is 0 Å². The highest BCUT2D eigenvalue weighted by atomic mass is 16.2. The molecule has 0 aliphatic heterocycles. The number of carbonyl (C=O) groups is 1. The zero-order valence-electron chi connectivity index (χ0n) is 12.5. The van der Waals surface area contributed by atoms with Gasteiger partial charge in [0.1, 0.15) is 0 Å². The number of hydrogen-bond acceptors (Lipinski definition) is 2. The molecule has 2 aromatic carbocycles. The number of hydrazone groups is 1. The lowest BCUT2D eigenvalue weighted by molar-refractivity contribution is -0.120. The van der Waals surface area contributed by atoms with Crippen molar-refractivity contribution in [1.82, 2.24) is 5.43 Å². The molecule has 3 heteroatoms. The van der Waals surface area contributed by atoms with Crippen molar-refractivity contribution >= 4 is 22.9 Å². The molecule has 1 atom stereocenters. The number of carbonyl (C=O) groups excluding carboxylic acids is 1. The molecule has 3 nitrogen and oxygen atoms in total. The summed E-state index contributed by atoms with van der Waals surface area (Å²) in [6.07, 6.45) is 9.82. The van der Waals surface area contributed by atoms with Crippen LogP contribution in [-0.4, -0.2) is 12.1 Å². The predicted molar refractivity (Wildman–Crippen MR) is 90.8 cm³/mol. The molecule has 1 aliphatic rings. The van der Waals surface area contributed by atoms with Gasteiger partial charge in [-0.1, -0.05) is 54.6 Å². The Hall–Kier alpha value is -2.42. The summed E-state index contributed by atoms with van der Waals surface area (Å²) in [5, 5.41) is 6.40. The zero-order chi connectivity index (χ0) is 15.2. The minimum Gasteiger partial charge on any atom is -0.273 e. The zero-order valence-corrected chi connectivity index (χ0v) is 12.5. The second kappa shape index (κ2) is 7.03. The molecule has 112 valence electrons. The maximum Gasteiger partial charge on any atom is 0.244 e. The van der Waals surface area contributed by atoms with Crippen LogP contribution < -0.4 is 5.43 Å². The molecular formula is C19H20N2O. The van der Waals surface area contributed by atoms with E-state index in [0.29, 0.717) is 12.3 Å². The third-order valence-corrected chi connectivity index (χ3v) is 4.02. The number of nitrogens with zero attached hydrogens (tertiary/aromatic N) is 1. The Morgan fingerprint density at radius 2 is 2.05 bits per heavy atom. The third-order valence-electron chi connectivity index (χ3n) is 4.02. The SMILES string of the molecule is O=C(Cc1cccc2ccccc12)NN=CC1CC=CCC1. The van der Waals surface area contributed by atoms with Crippen LogP contribution in [0, 0.1) is 5.92 Å². The van der Waals surface area contributed by atoms with Crippen molar-refractivity contribution in [2.45, 2.75) is 25.7 Å². The second-order valence-corrected chi connectivity index (χ2v) is 5.67. The smallest absolute Gasteiger partial charge is 0.244 e. The largest absolute Gasteiger partial charge is 0.273 e. The van der Waals surface area contributed by atoms with Crippen molar-refractivity contribution in [3.8, 4) is 0 Å². The van der Waals surface area contributed by atoms with E-state index in [0.717, 1.165) is 35.6 Å². The number of amides is 1. The Kier molecular flexibility index (Phi) is 4.64. The van der Waals surface area contributed by atoms with E-state index in [9.17, 15) is 4.79 Å². The number of hydrogen-bond donors (Lipinski definition) is 1. The van der Waals surface area contributed by atoms with E-state index in [1.165, 1.54) is 0 Å². The molecule has 0 aromatic heterocycles. The average molecular weight is 292 g/mol. The van der Waals surface area contributed by atoms with Crippen LogP contribution in [0.15, 0.2) is 59.7 Å². The Bertz CT molecular complexity index is 713. The third kappa shape index (κ3) is 3.61. The van der Waals surface area contributed by atoms with Gasteiger partial charge in [0.2, 0.25) is 5.91 Å². The molecule has 0 radical (unpaired) electrons. The standard InChI is InChI=1S/C19H20N2O/c22-19(21-20-14-15-7-2-1-3-8-15)13-17-11-6-10-16-9-4-5-12-18(16)17/h1-2,4-6,9-12,14-15H,3,7-8,13H2,(H,21,22). The Morgan fingerprint density at radius 3 is 2.91 bits per heavy atom. The van der Waals surface area contributed by atoms with Crippen molar-refractivity contribution in [3.05, 3.63) is 60.2 Å². The molecule has 0 saturated heterocycles. The van der Waals surface area contributed by atoms with E-state index in [-0.39, 0.29) is 5.91 Å². The first-order valence-electron chi connectivity index (χ1n) is 7.76. The van der Waals surface area contributed by atoms with Crippen LogP contribution in [0.1, 0.15) is 24.8 Å². The predicted octanol–water partition coefficient (Wildman–Crippen LogP) is 3.84. The van der Waals surface area contributed by atoms with Gasteiger partial charge in [-0.15, -0.1) is 0 Å². The highest BCUT2D eigenvalue weighted by Crippen LogP contribution is 2.19. The highest BCUT2D eigenvalue weighted by molar-refractivity contribution is 5.90. The first-order valence-corrected chi connectivity index (χ1v) is 7.76. The molecule has 0 heterocycles. The summed E-state index contributed by atoms with van der Waals surface area (Å²) >= 11 is 0. The normalized spacial score (nSPS) is 17.9. The van der Waals surface area contributed by atoms with E-state index >= 15 is 0 Å². The summed E-state index contributed by atoms with van der Waals surface area (Å²) in [6.45, 7) is 0. The molecular weight excluding hydrogens is 272 g/mol. The van der Waals surface area contributed by atoms with Gasteiger partial charge in [-0.2, -0.15) is 5.10 Å². The molecule has 1 N–H and O–H groups in total. The summed E-state index contributed by atoms with van der Waals surface area (Å²) in [6, 6.07) is 14.2. The maximum atomic E-state index is 12.1. The van der Waals surface area contributed by atoms with Gasteiger partial charge in [-0.25, -0.2) is 5.43 Å². The van der Waals surface area contributed by atoms with Gasteiger partial charge in [0.05, 0.1) is 6.42 Å². The lowest BCUT2D eigenvalue weighted by Gasteiger charge is -2.11. The number of allylic oxidation sites excluding steroid dienone is 2. The Labute approximate surface area is 130 Å². The van der Waals surface area contributed by atoms with Crippen molar-refractivity contribution in [2.24, 2.45) is 11.0 Å². The molecule has 1 unspecified atom stereocenters. The highest BCUT2D eigenvalue weighted by Gasteiger charge is 2.08. The molecule has 1 aliphatic carbocycles. The van der Waals surface area contributed by atoms with Gasteiger partial charge < -0.3 is 0 Å². The van der Waals surface area contributed by atoms with Crippen molar-refractivity contribution in [1.29, 1.82) is 0 Å². The Morgan fingerprint density at radius 1 is 1.18 bits per heavy atom. The van der Waals surface area contributed by atoms with Gasteiger partial charge in [0.25, 0.3) is 0 Å². The second-order valence-electron chi connectivity index (χ2n) is 5.67. The van der Waals surface area contributed by atoms with Gasteiger partial charge in [-0.3, -0.25) is 4.79 Å². The van der Waals surface area contributed by atoms with E-state index in [4.69, 9.17) is 0 Å². The lowest BCUT2D eigenvalue weighted by Crippen LogP contribution is -2.20. The molecule has 3 rings (SSSR count). The van der Waals surface area contributed by atoms with Crippen LogP contribution in [0.5, 0.6) is 0 Å². The summed E-state index contributed by atoms with van der Waals surface area (Å²) < 4.78 is 0. The molecule has 0 bridgehead atoms. The summed E-state index contributed by atoms with van der Waals surface area (Å²) in [7, 11) is 0. The molecule has 1 amide bonds. The van der Waals surface area contributed by atoms with Crippen molar-refractivity contribution < 1.29 is 4.79 Å². The molecule has 0 saturated carbocycles.